The van der Waals surface area contributed by atoms with E-state index >= 15 is 0 Å². The van der Waals surface area contributed by atoms with Crippen LogP contribution >= 0.6 is 11.6 Å². The SMILES string of the molecule is Nc1cc(CCc2ncco2)ccc1Cl. The lowest BCUT2D eigenvalue weighted by atomic mass is 10.1. The number of hydrogen-bond donors (Lipinski definition) is 1. The third-order valence-electron chi connectivity index (χ3n) is 2.17. The van der Waals surface area contributed by atoms with E-state index in [0.717, 1.165) is 24.3 Å². The molecule has 1 aromatic heterocycles. The Balaban J connectivity index is 2.02. The number of halogens is 1. The molecule has 0 radical (unpaired) electrons. The molecular formula is C11H11ClN2O. The average Bonchev–Trinajstić information content (AvgIpc) is 2.73. The van der Waals surface area contributed by atoms with E-state index < -0.39 is 0 Å². The number of oxazole rings is 1. The molecule has 4 heteroatoms. The van der Waals surface area contributed by atoms with Crippen LogP contribution in [-0.2, 0) is 12.8 Å². The molecule has 2 N–H and O–H groups in total. The van der Waals surface area contributed by atoms with Crippen molar-refractivity contribution in [2.24, 2.45) is 0 Å². The zero-order valence-corrected chi connectivity index (χ0v) is 8.87. The van der Waals surface area contributed by atoms with Crippen LogP contribution in [0.15, 0.2) is 35.1 Å². The van der Waals surface area contributed by atoms with Crippen LogP contribution in [0.4, 0.5) is 5.69 Å². The summed E-state index contributed by atoms with van der Waals surface area (Å²) in [5.74, 6) is 0.739. The minimum atomic E-state index is 0.592. The second-order valence-corrected chi connectivity index (χ2v) is 3.69. The van der Waals surface area contributed by atoms with Crippen molar-refractivity contribution in [1.29, 1.82) is 0 Å². The topological polar surface area (TPSA) is 52.0 Å². The highest BCUT2D eigenvalue weighted by atomic mass is 35.5. The molecule has 0 aliphatic heterocycles. The number of nitrogen functional groups attached to an aromatic ring is 1. The van der Waals surface area contributed by atoms with E-state index in [-0.39, 0.29) is 0 Å². The van der Waals surface area contributed by atoms with Crippen molar-refractivity contribution in [3.05, 3.63) is 47.1 Å². The molecule has 78 valence electrons. The maximum Gasteiger partial charge on any atom is 0.194 e. The van der Waals surface area contributed by atoms with Crippen molar-refractivity contribution in [3.8, 4) is 0 Å². The maximum absolute atomic E-state index is 5.82. The first-order chi connectivity index (χ1) is 7.25. The standard InChI is InChI=1S/C11H11ClN2O/c12-9-3-1-8(7-10(9)13)2-4-11-14-5-6-15-11/h1,3,5-7H,2,4,13H2. The van der Waals surface area contributed by atoms with Crippen molar-refractivity contribution in [2.75, 3.05) is 5.73 Å². The van der Waals surface area contributed by atoms with E-state index in [1.54, 1.807) is 12.5 Å². The molecule has 0 bridgehead atoms. The molecule has 1 heterocycles. The number of aryl methyl sites for hydroxylation is 2. The molecule has 3 nitrogen and oxygen atoms in total. The molecule has 15 heavy (non-hydrogen) atoms. The molecule has 0 spiro atoms. The highest BCUT2D eigenvalue weighted by Crippen LogP contribution is 2.20. The lowest BCUT2D eigenvalue weighted by Crippen LogP contribution is -1.94. The number of anilines is 1. The van der Waals surface area contributed by atoms with Gasteiger partial charge >= 0.3 is 0 Å². The van der Waals surface area contributed by atoms with E-state index in [4.69, 9.17) is 21.8 Å². The Labute approximate surface area is 92.9 Å². The summed E-state index contributed by atoms with van der Waals surface area (Å²) in [6.07, 6.45) is 4.84. The fourth-order valence-electron chi connectivity index (χ4n) is 1.38. The number of nitrogens with zero attached hydrogens (tertiary/aromatic N) is 1. The fraction of sp³-hybridized carbons (Fsp3) is 0.182. The van der Waals surface area contributed by atoms with Gasteiger partial charge in [-0.2, -0.15) is 0 Å². The highest BCUT2D eigenvalue weighted by Gasteiger charge is 2.01. The monoisotopic (exact) mass is 222 g/mol. The summed E-state index contributed by atoms with van der Waals surface area (Å²) in [4.78, 5) is 4.05. The second kappa shape index (κ2) is 4.36. The summed E-state index contributed by atoms with van der Waals surface area (Å²) in [5.41, 5.74) is 7.45. The van der Waals surface area contributed by atoms with Gasteiger partial charge < -0.3 is 10.2 Å². The van der Waals surface area contributed by atoms with Gasteiger partial charge in [0.2, 0.25) is 0 Å². The van der Waals surface area contributed by atoms with E-state index in [1.807, 2.05) is 18.2 Å². The predicted molar refractivity (Wildman–Crippen MR) is 59.8 cm³/mol. The van der Waals surface area contributed by atoms with Gasteiger partial charge in [-0.3, -0.25) is 0 Å². The molecular weight excluding hydrogens is 212 g/mol. The molecule has 0 saturated carbocycles. The Morgan fingerprint density at radius 2 is 2.20 bits per heavy atom. The maximum atomic E-state index is 5.82. The van der Waals surface area contributed by atoms with Crippen molar-refractivity contribution in [2.45, 2.75) is 12.8 Å². The fourth-order valence-corrected chi connectivity index (χ4v) is 1.49. The van der Waals surface area contributed by atoms with Gasteiger partial charge in [-0.25, -0.2) is 4.98 Å². The normalized spacial score (nSPS) is 10.5. The summed E-state index contributed by atoms with van der Waals surface area (Å²) in [6.45, 7) is 0. The molecule has 0 atom stereocenters. The average molecular weight is 223 g/mol. The molecule has 0 amide bonds. The van der Waals surface area contributed by atoms with Crippen LogP contribution in [0, 0.1) is 0 Å². The van der Waals surface area contributed by atoms with Crippen molar-refractivity contribution < 1.29 is 4.42 Å². The van der Waals surface area contributed by atoms with Crippen LogP contribution in [0.1, 0.15) is 11.5 Å². The highest BCUT2D eigenvalue weighted by molar-refractivity contribution is 6.33. The zero-order valence-electron chi connectivity index (χ0n) is 8.11. The van der Waals surface area contributed by atoms with Crippen LogP contribution in [-0.4, -0.2) is 4.98 Å². The summed E-state index contributed by atoms with van der Waals surface area (Å²) >= 11 is 5.82. The lowest BCUT2D eigenvalue weighted by molar-refractivity contribution is 0.494. The van der Waals surface area contributed by atoms with Crippen molar-refractivity contribution in [3.63, 3.8) is 0 Å². The summed E-state index contributed by atoms with van der Waals surface area (Å²) in [7, 11) is 0. The number of rotatable bonds is 3. The third-order valence-corrected chi connectivity index (χ3v) is 2.52. The number of hydrogen-bond acceptors (Lipinski definition) is 3. The van der Waals surface area contributed by atoms with Gasteiger partial charge in [-0.15, -0.1) is 0 Å². The molecule has 1 aromatic carbocycles. The largest absolute Gasteiger partial charge is 0.449 e. The first kappa shape index (κ1) is 10.1. The Morgan fingerprint density at radius 1 is 1.33 bits per heavy atom. The van der Waals surface area contributed by atoms with Gasteiger partial charge in [0.05, 0.1) is 16.9 Å². The predicted octanol–water partition coefficient (Wildman–Crippen LogP) is 2.70. The summed E-state index contributed by atoms with van der Waals surface area (Å²) in [5, 5.41) is 0.592. The number of benzene rings is 1. The minimum Gasteiger partial charge on any atom is -0.449 e. The molecule has 2 aromatic rings. The van der Waals surface area contributed by atoms with Gasteiger partial charge in [0.25, 0.3) is 0 Å². The smallest absolute Gasteiger partial charge is 0.194 e. The first-order valence-electron chi connectivity index (χ1n) is 4.68. The minimum absolute atomic E-state index is 0.592. The van der Waals surface area contributed by atoms with Crippen LogP contribution in [0.3, 0.4) is 0 Å². The van der Waals surface area contributed by atoms with Gasteiger partial charge in [0.15, 0.2) is 5.89 Å². The Bertz CT molecular complexity index is 440. The quantitative estimate of drug-likeness (QED) is 0.813. The van der Waals surface area contributed by atoms with Gasteiger partial charge in [-0.1, -0.05) is 17.7 Å². The Morgan fingerprint density at radius 3 is 2.87 bits per heavy atom. The van der Waals surface area contributed by atoms with E-state index in [9.17, 15) is 0 Å². The zero-order chi connectivity index (χ0) is 10.7. The van der Waals surface area contributed by atoms with Crippen LogP contribution in [0.2, 0.25) is 5.02 Å². The molecule has 0 unspecified atom stereocenters. The molecule has 0 fully saturated rings. The van der Waals surface area contributed by atoms with E-state index in [0.29, 0.717) is 10.7 Å². The van der Waals surface area contributed by atoms with Gasteiger partial charge in [0.1, 0.15) is 6.26 Å². The molecule has 0 saturated heterocycles. The first-order valence-corrected chi connectivity index (χ1v) is 5.06. The Hall–Kier alpha value is -1.48. The van der Waals surface area contributed by atoms with Crippen molar-refractivity contribution >= 4 is 17.3 Å². The van der Waals surface area contributed by atoms with E-state index in [1.165, 1.54) is 0 Å². The van der Waals surface area contributed by atoms with Crippen LogP contribution < -0.4 is 5.73 Å². The van der Waals surface area contributed by atoms with Crippen LogP contribution in [0.5, 0.6) is 0 Å². The third kappa shape index (κ3) is 2.50. The van der Waals surface area contributed by atoms with Gasteiger partial charge in [0, 0.05) is 6.42 Å². The van der Waals surface area contributed by atoms with Gasteiger partial charge in [-0.05, 0) is 24.1 Å². The number of aromatic nitrogens is 1. The second-order valence-electron chi connectivity index (χ2n) is 3.28. The molecule has 2 rings (SSSR count). The van der Waals surface area contributed by atoms with Crippen molar-refractivity contribution in [1.82, 2.24) is 4.98 Å². The summed E-state index contributed by atoms with van der Waals surface area (Å²) in [6, 6.07) is 5.65. The summed E-state index contributed by atoms with van der Waals surface area (Å²) < 4.78 is 5.14. The Kier molecular flexibility index (Phi) is 2.92. The van der Waals surface area contributed by atoms with E-state index in [2.05, 4.69) is 4.98 Å². The molecule has 0 aliphatic carbocycles. The number of nitrogens with two attached hydrogens (primary N) is 1. The van der Waals surface area contributed by atoms with Crippen LogP contribution in [0.25, 0.3) is 0 Å². The molecule has 0 aliphatic rings. The lowest BCUT2D eigenvalue weighted by Gasteiger charge is -2.02.